The van der Waals surface area contributed by atoms with E-state index in [1.54, 1.807) is 0 Å². The maximum Gasteiger partial charge on any atom is 0.246 e. The Balaban J connectivity index is 0.00000225. The molecule has 2 aromatic carbocycles. The third-order valence-electron chi connectivity index (χ3n) is 4.18. The molecule has 1 aliphatic rings. The van der Waals surface area contributed by atoms with Gasteiger partial charge in [0.15, 0.2) is 17.5 Å². The van der Waals surface area contributed by atoms with E-state index in [4.69, 9.17) is 5.73 Å². The third-order valence-corrected chi connectivity index (χ3v) is 6.03. The lowest BCUT2D eigenvalue weighted by atomic mass is 9.95. The Kier molecular flexibility index (Phi) is 5.78. The zero-order valence-corrected chi connectivity index (χ0v) is 14.5. The molecule has 2 N–H and O–H groups in total. The van der Waals surface area contributed by atoms with Crippen molar-refractivity contribution in [3.63, 3.8) is 0 Å². The monoisotopic (exact) mass is 392 g/mol. The summed E-state index contributed by atoms with van der Waals surface area (Å²) < 4.78 is 66.4. The van der Waals surface area contributed by atoms with Crippen LogP contribution < -0.4 is 5.73 Å². The van der Waals surface area contributed by atoms with Gasteiger partial charge in [-0.3, -0.25) is 0 Å². The highest BCUT2D eigenvalue weighted by molar-refractivity contribution is 7.89. The van der Waals surface area contributed by atoms with Crippen molar-refractivity contribution in [1.29, 1.82) is 0 Å². The number of halogens is 4. The van der Waals surface area contributed by atoms with Crippen molar-refractivity contribution >= 4 is 22.4 Å². The standard InChI is InChI=1S/C16H15F3N2O2S.ClH/c17-12-6-7-14(16(19)15(12)18)24(22,23)21-8-11(13(20)9-21)10-4-2-1-3-5-10;/h1-7,11,13H,8-9,20H2;1H/t11-,13+;/m0./s1. The van der Waals surface area contributed by atoms with E-state index >= 15 is 0 Å². The van der Waals surface area contributed by atoms with Gasteiger partial charge in [-0.1, -0.05) is 30.3 Å². The van der Waals surface area contributed by atoms with Crippen molar-refractivity contribution < 1.29 is 21.6 Å². The lowest BCUT2D eigenvalue weighted by molar-refractivity contribution is 0.422. The van der Waals surface area contributed by atoms with Crippen molar-refractivity contribution in [3.05, 3.63) is 65.5 Å². The number of hydrogen-bond acceptors (Lipinski definition) is 3. The SMILES string of the molecule is Cl.N[C@@H]1CN(S(=O)(=O)c2ccc(F)c(F)c2F)C[C@H]1c1ccccc1. The Morgan fingerprint density at radius 1 is 0.960 bits per heavy atom. The molecule has 0 spiro atoms. The molecule has 0 aliphatic carbocycles. The zero-order valence-electron chi connectivity index (χ0n) is 12.9. The first-order valence-corrected chi connectivity index (χ1v) is 8.70. The maximum absolute atomic E-state index is 13.9. The Bertz CT molecular complexity index is 865. The van der Waals surface area contributed by atoms with Crippen molar-refractivity contribution in [2.75, 3.05) is 13.1 Å². The van der Waals surface area contributed by atoms with Crippen molar-refractivity contribution in [2.45, 2.75) is 16.9 Å². The van der Waals surface area contributed by atoms with Gasteiger partial charge < -0.3 is 5.73 Å². The predicted octanol–water partition coefficient (Wildman–Crippen LogP) is 2.64. The molecule has 1 aliphatic heterocycles. The lowest BCUT2D eigenvalue weighted by Crippen LogP contribution is -2.32. The molecule has 0 unspecified atom stereocenters. The van der Waals surface area contributed by atoms with Gasteiger partial charge in [-0.2, -0.15) is 4.31 Å². The van der Waals surface area contributed by atoms with E-state index in [0.29, 0.717) is 6.07 Å². The number of sulfonamides is 1. The summed E-state index contributed by atoms with van der Waals surface area (Å²) in [6.45, 7) is 0.0201. The van der Waals surface area contributed by atoms with Crippen LogP contribution in [0.3, 0.4) is 0 Å². The number of rotatable bonds is 3. The second-order valence-corrected chi connectivity index (χ2v) is 7.58. The first kappa shape index (κ1) is 19.7. The summed E-state index contributed by atoms with van der Waals surface area (Å²) in [6.07, 6.45) is 0. The Labute approximate surface area is 149 Å². The van der Waals surface area contributed by atoms with E-state index < -0.39 is 38.4 Å². The second kappa shape index (κ2) is 7.33. The summed E-state index contributed by atoms with van der Waals surface area (Å²) >= 11 is 0. The van der Waals surface area contributed by atoms with Gasteiger partial charge >= 0.3 is 0 Å². The smallest absolute Gasteiger partial charge is 0.246 e. The highest BCUT2D eigenvalue weighted by Gasteiger charge is 2.39. The van der Waals surface area contributed by atoms with Crippen molar-refractivity contribution in [1.82, 2.24) is 4.31 Å². The van der Waals surface area contributed by atoms with Crippen LogP contribution in [-0.2, 0) is 10.0 Å². The molecule has 0 saturated carbocycles. The van der Waals surface area contributed by atoms with Crippen LogP contribution in [0.15, 0.2) is 47.4 Å². The Morgan fingerprint density at radius 2 is 1.60 bits per heavy atom. The predicted molar refractivity (Wildman–Crippen MR) is 89.5 cm³/mol. The molecule has 0 amide bonds. The molecule has 1 heterocycles. The minimum absolute atomic E-state index is 0. The van der Waals surface area contributed by atoms with E-state index in [1.165, 1.54) is 0 Å². The molecule has 2 aromatic rings. The average molecular weight is 393 g/mol. The topological polar surface area (TPSA) is 63.4 Å². The molecular weight excluding hydrogens is 377 g/mol. The molecule has 1 saturated heterocycles. The maximum atomic E-state index is 13.9. The lowest BCUT2D eigenvalue weighted by Gasteiger charge is -2.17. The fourth-order valence-electron chi connectivity index (χ4n) is 2.89. The summed E-state index contributed by atoms with van der Waals surface area (Å²) in [5.41, 5.74) is 6.90. The van der Waals surface area contributed by atoms with Gasteiger partial charge in [-0.15, -0.1) is 12.4 Å². The summed E-state index contributed by atoms with van der Waals surface area (Å²) in [5.74, 6) is -5.22. The normalized spacial score (nSPS) is 21.1. The minimum atomic E-state index is -4.31. The van der Waals surface area contributed by atoms with Crippen LogP contribution in [0.25, 0.3) is 0 Å². The van der Waals surface area contributed by atoms with Gasteiger partial charge in [0.1, 0.15) is 4.90 Å². The largest absolute Gasteiger partial charge is 0.326 e. The van der Waals surface area contributed by atoms with E-state index in [1.807, 2.05) is 30.3 Å². The molecule has 9 heteroatoms. The fourth-order valence-corrected chi connectivity index (χ4v) is 4.45. The Hall–Kier alpha value is -1.61. The minimum Gasteiger partial charge on any atom is -0.326 e. The summed E-state index contributed by atoms with van der Waals surface area (Å²) in [4.78, 5) is -0.887. The molecule has 0 radical (unpaired) electrons. The quantitative estimate of drug-likeness (QED) is 0.817. The zero-order chi connectivity index (χ0) is 17.5. The van der Waals surface area contributed by atoms with E-state index in [9.17, 15) is 21.6 Å². The van der Waals surface area contributed by atoms with Gasteiger partial charge in [-0.25, -0.2) is 21.6 Å². The van der Waals surface area contributed by atoms with Crippen LogP contribution in [0.2, 0.25) is 0 Å². The molecule has 1 fully saturated rings. The van der Waals surface area contributed by atoms with Gasteiger partial charge in [0.25, 0.3) is 0 Å². The van der Waals surface area contributed by atoms with Gasteiger partial charge in [-0.05, 0) is 17.7 Å². The van der Waals surface area contributed by atoms with Crippen LogP contribution in [0.4, 0.5) is 13.2 Å². The molecule has 3 rings (SSSR count). The van der Waals surface area contributed by atoms with Gasteiger partial charge in [0.2, 0.25) is 10.0 Å². The first-order chi connectivity index (χ1) is 11.3. The van der Waals surface area contributed by atoms with Crippen LogP contribution in [0.1, 0.15) is 11.5 Å². The van der Waals surface area contributed by atoms with Gasteiger partial charge in [0, 0.05) is 25.0 Å². The average Bonchev–Trinajstić information content (AvgIpc) is 2.96. The second-order valence-electron chi connectivity index (χ2n) is 5.68. The highest BCUT2D eigenvalue weighted by Crippen LogP contribution is 2.31. The number of nitrogens with zero attached hydrogens (tertiary/aromatic N) is 1. The van der Waals surface area contributed by atoms with Crippen LogP contribution in [0, 0.1) is 17.5 Å². The third kappa shape index (κ3) is 3.52. The molecule has 4 nitrogen and oxygen atoms in total. The number of nitrogens with two attached hydrogens (primary N) is 1. The first-order valence-electron chi connectivity index (χ1n) is 7.26. The van der Waals surface area contributed by atoms with E-state index in [0.717, 1.165) is 15.9 Å². The summed E-state index contributed by atoms with van der Waals surface area (Å²) in [7, 11) is -4.31. The van der Waals surface area contributed by atoms with Crippen LogP contribution in [0.5, 0.6) is 0 Å². The summed E-state index contributed by atoms with van der Waals surface area (Å²) in [5, 5.41) is 0. The van der Waals surface area contributed by atoms with E-state index in [2.05, 4.69) is 0 Å². The highest BCUT2D eigenvalue weighted by atomic mass is 35.5. The molecule has 136 valence electrons. The number of hydrogen-bond donors (Lipinski definition) is 1. The summed E-state index contributed by atoms with van der Waals surface area (Å²) in [6, 6.07) is 9.96. The van der Waals surface area contributed by atoms with Gasteiger partial charge in [0.05, 0.1) is 0 Å². The van der Waals surface area contributed by atoms with E-state index in [-0.39, 0.29) is 31.4 Å². The van der Waals surface area contributed by atoms with Crippen molar-refractivity contribution in [2.24, 2.45) is 5.73 Å². The molecule has 0 aromatic heterocycles. The Morgan fingerprint density at radius 3 is 2.24 bits per heavy atom. The molecule has 25 heavy (non-hydrogen) atoms. The molecular formula is C16H16ClF3N2O2S. The fraction of sp³-hybridized carbons (Fsp3) is 0.250. The van der Waals surface area contributed by atoms with Crippen LogP contribution in [-0.4, -0.2) is 31.9 Å². The number of benzene rings is 2. The molecule has 2 atom stereocenters. The van der Waals surface area contributed by atoms with Crippen molar-refractivity contribution in [3.8, 4) is 0 Å². The van der Waals surface area contributed by atoms with Crippen LogP contribution >= 0.6 is 12.4 Å². The molecule has 0 bridgehead atoms.